The second-order valence-electron chi connectivity index (χ2n) is 7.98. The number of benzene rings is 1. The van der Waals surface area contributed by atoms with E-state index in [-0.39, 0.29) is 17.8 Å². The Morgan fingerprint density at radius 3 is 2.60 bits per heavy atom. The van der Waals surface area contributed by atoms with Crippen molar-refractivity contribution in [1.29, 1.82) is 0 Å². The fraction of sp³-hybridized carbons (Fsp3) is 0.650. The van der Waals surface area contributed by atoms with Gasteiger partial charge in [0.2, 0.25) is 6.41 Å². The number of rotatable bonds is 5. The maximum absolute atomic E-state index is 15.2. The molecule has 1 aromatic carbocycles. The van der Waals surface area contributed by atoms with E-state index in [9.17, 15) is 9.18 Å². The Bertz CT molecular complexity index is 639. The van der Waals surface area contributed by atoms with E-state index >= 15 is 4.39 Å². The summed E-state index contributed by atoms with van der Waals surface area (Å²) in [5, 5.41) is 0. The largest absolute Gasteiger partial charge is 0.342 e. The van der Waals surface area contributed by atoms with Crippen LogP contribution in [0.15, 0.2) is 18.2 Å². The molecule has 3 nitrogen and oxygen atoms in total. The number of hydrogen-bond acceptors (Lipinski definition) is 2. The minimum absolute atomic E-state index is 0.167. The Hall–Kier alpha value is -1.49. The van der Waals surface area contributed by atoms with Gasteiger partial charge in [0.1, 0.15) is 11.5 Å². The molecule has 3 aliphatic rings. The van der Waals surface area contributed by atoms with Gasteiger partial charge >= 0.3 is 0 Å². The van der Waals surface area contributed by atoms with Crippen molar-refractivity contribution in [3.63, 3.8) is 0 Å². The number of alkyl halides is 1. The first-order chi connectivity index (χ1) is 12.1. The molecule has 0 N–H and O–H groups in total. The molecule has 0 spiro atoms. The quantitative estimate of drug-likeness (QED) is 0.759. The Morgan fingerprint density at radius 2 is 1.92 bits per heavy atom. The molecule has 2 heterocycles. The van der Waals surface area contributed by atoms with Crippen LogP contribution < -0.4 is 0 Å². The summed E-state index contributed by atoms with van der Waals surface area (Å²) >= 11 is 0. The van der Waals surface area contributed by atoms with Crippen LogP contribution in [-0.4, -0.2) is 41.9 Å². The van der Waals surface area contributed by atoms with Gasteiger partial charge in [-0.2, -0.15) is 0 Å². The van der Waals surface area contributed by atoms with Gasteiger partial charge in [0.15, 0.2) is 0 Å². The van der Waals surface area contributed by atoms with E-state index in [2.05, 4.69) is 4.90 Å². The molecule has 2 saturated heterocycles. The van der Waals surface area contributed by atoms with Gasteiger partial charge in [-0.25, -0.2) is 8.78 Å². The van der Waals surface area contributed by atoms with Gasteiger partial charge in [0.25, 0.3) is 0 Å². The van der Waals surface area contributed by atoms with Crippen molar-refractivity contribution in [3.05, 3.63) is 35.1 Å². The smallest absolute Gasteiger partial charge is 0.209 e. The first kappa shape index (κ1) is 17.0. The molecule has 2 aliphatic heterocycles. The van der Waals surface area contributed by atoms with Crippen LogP contribution in [0.5, 0.6) is 0 Å². The predicted octanol–water partition coefficient (Wildman–Crippen LogP) is 3.62. The number of likely N-dealkylation sites (tertiary alicyclic amines) is 2. The lowest BCUT2D eigenvalue weighted by atomic mass is 9.65. The van der Waals surface area contributed by atoms with Crippen LogP contribution in [0.1, 0.15) is 49.7 Å². The summed E-state index contributed by atoms with van der Waals surface area (Å²) in [5.74, 6) is -0.0923. The molecule has 0 bridgehead atoms. The molecule has 1 atom stereocenters. The van der Waals surface area contributed by atoms with Crippen molar-refractivity contribution in [3.8, 4) is 0 Å². The number of carbonyl (C=O) groups excluding carboxylic acids is 1. The summed E-state index contributed by atoms with van der Waals surface area (Å²) in [4.78, 5) is 15.2. The SMILES string of the molecule is O=CN1CCCC1C1CC(F)(c2ccc(CN3CCCC3)c(F)c2)C1. The Labute approximate surface area is 148 Å². The summed E-state index contributed by atoms with van der Waals surface area (Å²) in [6.45, 7) is 3.43. The molecule has 1 unspecified atom stereocenters. The van der Waals surface area contributed by atoms with E-state index in [4.69, 9.17) is 0 Å². The summed E-state index contributed by atoms with van der Waals surface area (Å²) < 4.78 is 29.7. The van der Waals surface area contributed by atoms with Gasteiger partial charge in [0, 0.05) is 24.7 Å². The van der Waals surface area contributed by atoms with E-state index in [1.165, 1.54) is 18.9 Å². The summed E-state index contributed by atoms with van der Waals surface area (Å²) in [6, 6.07) is 5.08. The molecule has 25 heavy (non-hydrogen) atoms. The minimum Gasteiger partial charge on any atom is -0.342 e. The molecule has 136 valence electrons. The lowest BCUT2D eigenvalue weighted by molar-refractivity contribution is -0.122. The molecule has 1 saturated carbocycles. The lowest BCUT2D eigenvalue weighted by Gasteiger charge is -2.46. The Balaban J connectivity index is 1.42. The zero-order chi connectivity index (χ0) is 17.4. The van der Waals surface area contributed by atoms with E-state index in [1.54, 1.807) is 12.1 Å². The normalized spacial score (nSPS) is 32.8. The van der Waals surface area contributed by atoms with Crippen molar-refractivity contribution < 1.29 is 13.6 Å². The van der Waals surface area contributed by atoms with E-state index in [0.717, 1.165) is 38.9 Å². The van der Waals surface area contributed by atoms with Gasteiger partial charge in [-0.05, 0) is 69.2 Å². The van der Waals surface area contributed by atoms with Crippen LogP contribution in [0.3, 0.4) is 0 Å². The molecule has 3 fully saturated rings. The molecule has 4 rings (SSSR count). The number of amides is 1. The van der Waals surface area contributed by atoms with E-state index < -0.39 is 5.67 Å². The first-order valence-electron chi connectivity index (χ1n) is 9.50. The maximum Gasteiger partial charge on any atom is 0.209 e. The highest BCUT2D eigenvalue weighted by atomic mass is 19.1. The average Bonchev–Trinajstić information content (AvgIpc) is 3.24. The van der Waals surface area contributed by atoms with Crippen LogP contribution in [0.4, 0.5) is 8.78 Å². The average molecular weight is 348 g/mol. The third-order valence-corrected chi connectivity index (χ3v) is 6.36. The number of carbonyl (C=O) groups is 1. The van der Waals surface area contributed by atoms with E-state index in [0.29, 0.717) is 30.5 Å². The lowest BCUT2D eigenvalue weighted by Crippen LogP contribution is -2.47. The topological polar surface area (TPSA) is 23.6 Å². The van der Waals surface area contributed by atoms with Crippen molar-refractivity contribution in [2.45, 2.75) is 56.8 Å². The van der Waals surface area contributed by atoms with Crippen molar-refractivity contribution in [2.75, 3.05) is 19.6 Å². The van der Waals surface area contributed by atoms with Gasteiger partial charge < -0.3 is 4.90 Å². The van der Waals surface area contributed by atoms with Crippen LogP contribution in [0, 0.1) is 11.7 Å². The van der Waals surface area contributed by atoms with Gasteiger partial charge in [-0.3, -0.25) is 9.69 Å². The zero-order valence-electron chi connectivity index (χ0n) is 14.6. The second-order valence-corrected chi connectivity index (χ2v) is 7.98. The molecule has 1 aromatic rings. The molecule has 1 amide bonds. The van der Waals surface area contributed by atoms with Crippen LogP contribution >= 0.6 is 0 Å². The van der Waals surface area contributed by atoms with Crippen LogP contribution in [-0.2, 0) is 17.0 Å². The molecular formula is C20H26F2N2O. The number of hydrogen-bond donors (Lipinski definition) is 0. The van der Waals surface area contributed by atoms with Gasteiger partial charge in [-0.1, -0.05) is 12.1 Å². The maximum atomic E-state index is 15.2. The van der Waals surface area contributed by atoms with E-state index in [1.807, 2.05) is 4.90 Å². The minimum atomic E-state index is -1.44. The number of halogens is 2. The Kier molecular flexibility index (Phi) is 4.52. The fourth-order valence-electron chi connectivity index (χ4n) is 4.87. The standard InChI is InChI=1S/C20H26F2N2O/c21-18-10-17(6-5-15(18)13-23-7-1-2-8-23)20(22)11-16(12-20)19-4-3-9-24(19)14-25/h5-6,10,14,16,19H,1-4,7-9,11-13H2. The van der Waals surface area contributed by atoms with Crippen molar-refractivity contribution in [2.24, 2.45) is 5.92 Å². The first-order valence-corrected chi connectivity index (χ1v) is 9.50. The summed E-state index contributed by atoms with van der Waals surface area (Å²) in [7, 11) is 0. The summed E-state index contributed by atoms with van der Waals surface area (Å²) in [5.41, 5.74) is -0.315. The molecule has 0 radical (unpaired) electrons. The Morgan fingerprint density at radius 1 is 1.16 bits per heavy atom. The summed E-state index contributed by atoms with van der Waals surface area (Å²) in [6.07, 6.45) is 5.99. The van der Waals surface area contributed by atoms with Gasteiger partial charge in [-0.15, -0.1) is 0 Å². The molecule has 5 heteroatoms. The second kappa shape index (κ2) is 6.67. The monoisotopic (exact) mass is 348 g/mol. The molecular weight excluding hydrogens is 322 g/mol. The molecule has 1 aliphatic carbocycles. The van der Waals surface area contributed by atoms with Gasteiger partial charge in [0.05, 0.1) is 0 Å². The zero-order valence-corrected chi connectivity index (χ0v) is 14.6. The highest BCUT2D eigenvalue weighted by molar-refractivity contribution is 5.48. The number of nitrogens with zero attached hydrogens (tertiary/aromatic N) is 2. The fourth-order valence-corrected chi connectivity index (χ4v) is 4.87. The third-order valence-electron chi connectivity index (χ3n) is 6.36. The van der Waals surface area contributed by atoms with Crippen molar-refractivity contribution in [1.82, 2.24) is 9.80 Å². The van der Waals surface area contributed by atoms with Crippen molar-refractivity contribution >= 4 is 6.41 Å². The highest BCUT2D eigenvalue weighted by Gasteiger charge is 2.51. The van der Waals surface area contributed by atoms with Crippen LogP contribution in [0.2, 0.25) is 0 Å². The highest BCUT2D eigenvalue weighted by Crippen LogP contribution is 2.52. The molecule has 0 aromatic heterocycles. The van der Waals surface area contributed by atoms with Crippen LogP contribution in [0.25, 0.3) is 0 Å². The third kappa shape index (κ3) is 3.19. The predicted molar refractivity (Wildman–Crippen MR) is 92.2 cm³/mol.